The minimum Gasteiger partial charge on any atom is -0.493 e. The molecular weight excluding hydrogens is 222 g/mol. The van der Waals surface area contributed by atoms with E-state index < -0.39 is 0 Å². The van der Waals surface area contributed by atoms with Gasteiger partial charge in [0.15, 0.2) is 0 Å². The fraction of sp³-hybridized carbons (Fsp3) is 0.500. The molecule has 1 atom stereocenters. The fourth-order valence-corrected chi connectivity index (χ4v) is 2.41. The van der Waals surface area contributed by atoms with Gasteiger partial charge in [0.2, 0.25) is 0 Å². The molecule has 2 heteroatoms. The van der Waals surface area contributed by atoms with E-state index >= 15 is 0 Å². The Balaban J connectivity index is 2.10. The summed E-state index contributed by atoms with van der Waals surface area (Å²) >= 11 is 0. The molecule has 1 heterocycles. The van der Waals surface area contributed by atoms with Gasteiger partial charge in [0.25, 0.3) is 0 Å². The average Bonchev–Trinajstić information content (AvgIpc) is 2.86. The Bertz CT molecular complexity index is 400. The van der Waals surface area contributed by atoms with Crippen molar-refractivity contribution in [1.29, 1.82) is 0 Å². The highest BCUT2D eigenvalue weighted by molar-refractivity contribution is 5.40. The third kappa shape index (κ3) is 3.14. The van der Waals surface area contributed by atoms with Crippen LogP contribution < -0.4 is 10.1 Å². The summed E-state index contributed by atoms with van der Waals surface area (Å²) in [4.78, 5) is 0. The van der Waals surface area contributed by atoms with Crippen molar-refractivity contribution < 1.29 is 4.74 Å². The van der Waals surface area contributed by atoms with Crippen molar-refractivity contribution in [2.24, 2.45) is 0 Å². The number of ether oxygens (including phenoxy) is 1. The zero-order valence-corrected chi connectivity index (χ0v) is 11.2. The molecule has 0 aliphatic carbocycles. The van der Waals surface area contributed by atoms with Crippen LogP contribution in [0.1, 0.15) is 43.4 Å². The Kier molecular flexibility index (Phi) is 4.82. The van der Waals surface area contributed by atoms with Crippen LogP contribution in [0, 0.1) is 0 Å². The van der Waals surface area contributed by atoms with E-state index in [-0.39, 0.29) is 0 Å². The summed E-state index contributed by atoms with van der Waals surface area (Å²) in [6.07, 6.45) is 6.37. The second-order valence-corrected chi connectivity index (χ2v) is 4.84. The van der Waals surface area contributed by atoms with Crippen LogP contribution in [0.3, 0.4) is 0 Å². The minimum atomic E-state index is 0.439. The van der Waals surface area contributed by atoms with Gasteiger partial charge in [-0.15, -0.1) is 6.58 Å². The molecule has 0 spiro atoms. The largest absolute Gasteiger partial charge is 0.493 e. The van der Waals surface area contributed by atoms with Crippen LogP contribution in [0.25, 0.3) is 0 Å². The Morgan fingerprint density at radius 2 is 2.39 bits per heavy atom. The van der Waals surface area contributed by atoms with Crippen molar-refractivity contribution in [2.45, 2.75) is 38.6 Å². The molecule has 1 aliphatic rings. The average molecular weight is 245 g/mol. The number of nitrogens with one attached hydrogen (secondary N) is 1. The molecule has 2 rings (SSSR count). The van der Waals surface area contributed by atoms with E-state index in [2.05, 4.69) is 37.0 Å². The van der Waals surface area contributed by atoms with Gasteiger partial charge in [0.1, 0.15) is 5.75 Å². The van der Waals surface area contributed by atoms with E-state index in [0.29, 0.717) is 6.04 Å². The first-order chi connectivity index (χ1) is 8.85. The molecule has 0 saturated carbocycles. The van der Waals surface area contributed by atoms with Crippen molar-refractivity contribution in [3.05, 3.63) is 42.0 Å². The smallest absolute Gasteiger partial charge is 0.122 e. The molecule has 0 saturated heterocycles. The first-order valence-corrected chi connectivity index (χ1v) is 6.95. The number of benzene rings is 1. The first kappa shape index (κ1) is 13.2. The second-order valence-electron chi connectivity index (χ2n) is 4.84. The van der Waals surface area contributed by atoms with Gasteiger partial charge in [-0.25, -0.2) is 0 Å². The zero-order valence-electron chi connectivity index (χ0n) is 11.2. The monoisotopic (exact) mass is 245 g/mol. The summed E-state index contributed by atoms with van der Waals surface area (Å²) in [5.41, 5.74) is 2.74. The fourth-order valence-electron chi connectivity index (χ4n) is 2.41. The predicted molar refractivity (Wildman–Crippen MR) is 76.1 cm³/mol. The van der Waals surface area contributed by atoms with E-state index in [1.54, 1.807) is 0 Å². The SMILES string of the molecule is C=CCCC(NCCC)c1ccc2c(c1)CCO2. The highest BCUT2D eigenvalue weighted by Gasteiger charge is 2.16. The van der Waals surface area contributed by atoms with Gasteiger partial charge in [-0.2, -0.15) is 0 Å². The van der Waals surface area contributed by atoms with Gasteiger partial charge < -0.3 is 10.1 Å². The standard InChI is InChI=1S/C16H23NO/c1-3-5-6-15(17-10-4-2)13-7-8-16-14(12-13)9-11-18-16/h3,7-8,12,15,17H,1,4-6,9-11H2,2H3. The van der Waals surface area contributed by atoms with Crippen LogP contribution in [0.2, 0.25) is 0 Å². The van der Waals surface area contributed by atoms with Gasteiger partial charge in [0.05, 0.1) is 6.61 Å². The normalized spacial score (nSPS) is 14.9. The predicted octanol–water partition coefficient (Wildman–Crippen LogP) is 3.63. The van der Waals surface area contributed by atoms with Crippen LogP contribution in [-0.2, 0) is 6.42 Å². The molecule has 98 valence electrons. The van der Waals surface area contributed by atoms with E-state index in [0.717, 1.165) is 38.2 Å². The molecule has 2 nitrogen and oxygen atoms in total. The lowest BCUT2D eigenvalue weighted by atomic mass is 9.99. The highest BCUT2D eigenvalue weighted by atomic mass is 16.5. The molecule has 0 bridgehead atoms. The molecule has 1 N–H and O–H groups in total. The van der Waals surface area contributed by atoms with Gasteiger partial charge in [0, 0.05) is 12.5 Å². The maximum Gasteiger partial charge on any atom is 0.122 e. The van der Waals surface area contributed by atoms with Crippen LogP contribution in [-0.4, -0.2) is 13.2 Å². The van der Waals surface area contributed by atoms with Crippen molar-refractivity contribution >= 4 is 0 Å². The molecule has 0 aromatic heterocycles. The van der Waals surface area contributed by atoms with Crippen LogP contribution in [0.15, 0.2) is 30.9 Å². The molecule has 1 aromatic rings. The zero-order chi connectivity index (χ0) is 12.8. The number of hydrogen-bond acceptors (Lipinski definition) is 2. The van der Waals surface area contributed by atoms with Crippen LogP contribution in [0.5, 0.6) is 5.75 Å². The molecule has 0 radical (unpaired) electrons. The summed E-state index contributed by atoms with van der Waals surface area (Å²) in [6, 6.07) is 7.06. The van der Waals surface area contributed by atoms with E-state index in [1.807, 2.05) is 6.08 Å². The van der Waals surface area contributed by atoms with Crippen molar-refractivity contribution in [3.63, 3.8) is 0 Å². The minimum absolute atomic E-state index is 0.439. The summed E-state index contributed by atoms with van der Waals surface area (Å²) < 4.78 is 5.56. The lowest BCUT2D eigenvalue weighted by Crippen LogP contribution is -2.22. The lowest BCUT2D eigenvalue weighted by Gasteiger charge is -2.19. The number of allylic oxidation sites excluding steroid dienone is 1. The summed E-state index contributed by atoms with van der Waals surface area (Å²) in [5, 5.41) is 3.62. The van der Waals surface area contributed by atoms with E-state index in [9.17, 15) is 0 Å². The van der Waals surface area contributed by atoms with Crippen LogP contribution >= 0.6 is 0 Å². The number of hydrogen-bond donors (Lipinski definition) is 1. The maximum absolute atomic E-state index is 5.56. The molecule has 1 unspecified atom stereocenters. The summed E-state index contributed by atoms with van der Waals surface area (Å²) in [5.74, 6) is 1.07. The Morgan fingerprint density at radius 1 is 1.50 bits per heavy atom. The van der Waals surface area contributed by atoms with Gasteiger partial charge in [-0.3, -0.25) is 0 Å². The van der Waals surface area contributed by atoms with Crippen LogP contribution in [0.4, 0.5) is 0 Å². The molecule has 0 fully saturated rings. The maximum atomic E-state index is 5.56. The number of fused-ring (bicyclic) bond motifs is 1. The highest BCUT2D eigenvalue weighted by Crippen LogP contribution is 2.29. The summed E-state index contributed by atoms with van der Waals surface area (Å²) in [7, 11) is 0. The van der Waals surface area contributed by atoms with Gasteiger partial charge in [-0.1, -0.05) is 25.1 Å². The van der Waals surface area contributed by atoms with Crippen molar-refractivity contribution in [1.82, 2.24) is 5.32 Å². The first-order valence-electron chi connectivity index (χ1n) is 6.95. The molecule has 1 aliphatic heterocycles. The van der Waals surface area contributed by atoms with E-state index in [1.165, 1.54) is 17.5 Å². The third-order valence-electron chi connectivity index (χ3n) is 3.42. The molecular formula is C16H23NO. The quantitative estimate of drug-likeness (QED) is 0.741. The molecule has 18 heavy (non-hydrogen) atoms. The van der Waals surface area contributed by atoms with Gasteiger partial charge in [-0.05, 0) is 43.0 Å². The Hall–Kier alpha value is -1.28. The lowest BCUT2D eigenvalue weighted by molar-refractivity contribution is 0.356. The van der Waals surface area contributed by atoms with Crippen molar-refractivity contribution in [2.75, 3.05) is 13.2 Å². The summed E-state index contributed by atoms with van der Waals surface area (Å²) in [6.45, 7) is 7.92. The number of rotatable bonds is 7. The molecule has 1 aromatic carbocycles. The third-order valence-corrected chi connectivity index (χ3v) is 3.42. The Morgan fingerprint density at radius 3 is 3.17 bits per heavy atom. The second kappa shape index (κ2) is 6.60. The van der Waals surface area contributed by atoms with Gasteiger partial charge >= 0.3 is 0 Å². The van der Waals surface area contributed by atoms with E-state index in [4.69, 9.17) is 4.74 Å². The molecule has 0 amide bonds. The van der Waals surface area contributed by atoms with Crippen molar-refractivity contribution in [3.8, 4) is 5.75 Å². The topological polar surface area (TPSA) is 21.3 Å². The Labute approximate surface area is 110 Å².